The SMILES string of the molecule is CCN(C(=O)CCc1cccnc1)C1CCCC1CN. The van der Waals surface area contributed by atoms with Gasteiger partial charge in [0.1, 0.15) is 0 Å². The highest BCUT2D eigenvalue weighted by Gasteiger charge is 2.32. The molecule has 1 saturated carbocycles. The van der Waals surface area contributed by atoms with Gasteiger partial charge in [0.15, 0.2) is 0 Å². The van der Waals surface area contributed by atoms with Crippen LogP contribution in [0.2, 0.25) is 0 Å². The monoisotopic (exact) mass is 275 g/mol. The summed E-state index contributed by atoms with van der Waals surface area (Å²) in [6.07, 6.45) is 8.38. The Kier molecular flexibility index (Phi) is 5.53. The number of aromatic nitrogens is 1. The third kappa shape index (κ3) is 3.57. The quantitative estimate of drug-likeness (QED) is 0.863. The first-order valence-corrected chi connectivity index (χ1v) is 7.64. The molecule has 0 spiro atoms. The Hall–Kier alpha value is -1.42. The van der Waals surface area contributed by atoms with Gasteiger partial charge in [-0.05, 0) is 50.3 Å². The molecule has 0 bridgehead atoms. The zero-order valence-corrected chi connectivity index (χ0v) is 12.3. The molecule has 2 unspecified atom stereocenters. The van der Waals surface area contributed by atoms with Gasteiger partial charge in [-0.1, -0.05) is 12.5 Å². The summed E-state index contributed by atoms with van der Waals surface area (Å²) in [5, 5.41) is 0. The minimum absolute atomic E-state index is 0.252. The number of carbonyl (C=O) groups is 1. The van der Waals surface area contributed by atoms with Crippen LogP contribution in [0.5, 0.6) is 0 Å². The number of aryl methyl sites for hydroxylation is 1. The summed E-state index contributed by atoms with van der Waals surface area (Å²) in [7, 11) is 0. The summed E-state index contributed by atoms with van der Waals surface area (Å²) in [6, 6.07) is 4.29. The van der Waals surface area contributed by atoms with E-state index in [1.165, 1.54) is 6.42 Å². The molecule has 0 radical (unpaired) electrons. The van der Waals surface area contributed by atoms with Gasteiger partial charge in [0.25, 0.3) is 0 Å². The molecule has 0 aromatic carbocycles. The smallest absolute Gasteiger partial charge is 0.223 e. The molecule has 1 aliphatic rings. The van der Waals surface area contributed by atoms with Crippen LogP contribution in [0.25, 0.3) is 0 Å². The standard InChI is InChI=1S/C16H25N3O/c1-2-19(15-7-3-6-14(15)11-17)16(20)9-8-13-5-4-10-18-12-13/h4-5,10,12,14-15H,2-3,6-9,11,17H2,1H3. The van der Waals surface area contributed by atoms with Gasteiger partial charge in [-0.3, -0.25) is 9.78 Å². The fourth-order valence-corrected chi connectivity index (χ4v) is 3.24. The number of amides is 1. The minimum Gasteiger partial charge on any atom is -0.340 e. The van der Waals surface area contributed by atoms with E-state index in [-0.39, 0.29) is 5.91 Å². The number of carbonyl (C=O) groups excluding carboxylic acids is 1. The molecule has 4 nitrogen and oxygen atoms in total. The van der Waals surface area contributed by atoms with Crippen molar-refractivity contribution in [3.8, 4) is 0 Å². The van der Waals surface area contributed by atoms with Gasteiger partial charge in [0.2, 0.25) is 5.91 Å². The second-order valence-corrected chi connectivity index (χ2v) is 5.54. The third-order valence-electron chi connectivity index (χ3n) is 4.33. The Balaban J connectivity index is 1.92. The lowest BCUT2D eigenvalue weighted by atomic mass is 10.0. The second-order valence-electron chi connectivity index (χ2n) is 5.54. The van der Waals surface area contributed by atoms with E-state index in [9.17, 15) is 4.79 Å². The molecule has 2 N–H and O–H groups in total. The van der Waals surface area contributed by atoms with Crippen molar-refractivity contribution in [2.75, 3.05) is 13.1 Å². The molecule has 1 aromatic rings. The van der Waals surface area contributed by atoms with Crippen LogP contribution >= 0.6 is 0 Å². The van der Waals surface area contributed by atoms with Crippen LogP contribution in [-0.2, 0) is 11.2 Å². The average Bonchev–Trinajstić information content (AvgIpc) is 2.95. The van der Waals surface area contributed by atoms with Gasteiger partial charge in [-0.2, -0.15) is 0 Å². The van der Waals surface area contributed by atoms with Crippen LogP contribution in [0.4, 0.5) is 0 Å². The van der Waals surface area contributed by atoms with Crippen molar-refractivity contribution >= 4 is 5.91 Å². The molecule has 1 aliphatic carbocycles. The molecule has 4 heteroatoms. The van der Waals surface area contributed by atoms with E-state index < -0.39 is 0 Å². The zero-order valence-electron chi connectivity index (χ0n) is 12.3. The highest BCUT2D eigenvalue weighted by molar-refractivity contribution is 5.76. The minimum atomic E-state index is 0.252. The number of nitrogens with two attached hydrogens (primary N) is 1. The molecule has 1 fully saturated rings. The van der Waals surface area contributed by atoms with Crippen LogP contribution in [0.15, 0.2) is 24.5 Å². The fourth-order valence-electron chi connectivity index (χ4n) is 3.24. The van der Waals surface area contributed by atoms with Crippen molar-refractivity contribution in [2.24, 2.45) is 11.7 Å². The maximum atomic E-state index is 12.5. The predicted octanol–water partition coefficient (Wildman–Crippen LogP) is 1.99. The van der Waals surface area contributed by atoms with Gasteiger partial charge in [-0.15, -0.1) is 0 Å². The van der Waals surface area contributed by atoms with E-state index in [1.54, 1.807) is 6.20 Å². The van der Waals surface area contributed by atoms with E-state index in [2.05, 4.69) is 11.9 Å². The lowest BCUT2D eigenvalue weighted by Crippen LogP contribution is -2.44. The molecule has 1 heterocycles. The van der Waals surface area contributed by atoms with Crippen LogP contribution in [0.3, 0.4) is 0 Å². The van der Waals surface area contributed by atoms with Crippen molar-refractivity contribution in [1.29, 1.82) is 0 Å². The molecular formula is C16H25N3O. The summed E-state index contributed by atoms with van der Waals surface area (Å²) in [5.74, 6) is 0.735. The number of rotatable bonds is 6. The van der Waals surface area contributed by atoms with Crippen molar-refractivity contribution < 1.29 is 4.79 Å². The lowest BCUT2D eigenvalue weighted by Gasteiger charge is -2.32. The predicted molar refractivity (Wildman–Crippen MR) is 80.1 cm³/mol. The van der Waals surface area contributed by atoms with Gasteiger partial charge in [0, 0.05) is 31.4 Å². The lowest BCUT2D eigenvalue weighted by molar-refractivity contribution is -0.134. The van der Waals surface area contributed by atoms with Gasteiger partial charge in [-0.25, -0.2) is 0 Å². The highest BCUT2D eigenvalue weighted by Crippen LogP contribution is 2.29. The van der Waals surface area contributed by atoms with E-state index in [1.807, 2.05) is 23.2 Å². The van der Waals surface area contributed by atoms with Crippen molar-refractivity contribution in [3.05, 3.63) is 30.1 Å². The topological polar surface area (TPSA) is 59.2 Å². The summed E-state index contributed by atoms with van der Waals surface area (Å²) in [6.45, 7) is 3.54. The fraction of sp³-hybridized carbons (Fsp3) is 0.625. The Bertz CT molecular complexity index is 421. The summed E-state index contributed by atoms with van der Waals surface area (Å²) in [4.78, 5) is 18.6. The van der Waals surface area contributed by atoms with Crippen molar-refractivity contribution in [1.82, 2.24) is 9.88 Å². The molecular weight excluding hydrogens is 250 g/mol. The van der Waals surface area contributed by atoms with Crippen LogP contribution in [-0.4, -0.2) is 34.9 Å². The van der Waals surface area contributed by atoms with Crippen molar-refractivity contribution in [2.45, 2.75) is 45.1 Å². The first-order valence-electron chi connectivity index (χ1n) is 7.64. The maximum Gasteiger partial charge on any atom is 0.223 e. The number of pyridine rings is 1. The molecule has 0 aliphatic heterocycles. The Labute approximate surface area is 121 Å². The van der Waals surface area contributed by atoms with E-state index >= 15 is 0 Å². The summed E-state index contributed by atoms with van der Waals surface area (Å²) in [5.41, 5.74) is 6.96. The van der Waals surface area contributed by atoms with Gasteiger partial charge in [0.05, 0.1) is 0 Å². The maximum absolute atomic E-state index is 12.5. The van der Waals surface area contributed by atoms with E-state index in [0.29, 0.717) is 24.9 Å². The Morgan fingerprint density at radius 1 is 1.50 bits per heavy atom. The number of hydrogen-bond acceptors (Lipinski definition) is 3. The third-order valence-corrected chi connectivity index (χ3v) is 4.33. The molecule has 1 amide bonds. The van der Waals surface area contributed by atoms with Gasteiger partial charge >= 0.3 is 0 Å². The van der Waals surface area contributed by atoms with Gasteiger partial charge < -0.3 is 10.6 Å². The molecule has 2 rings (SSSR count). The van der Waals surface area contributed by atoms with Crippen molar-refractivity contribution in [3.63, 3.8) is 0 Å². The number of nitrogens with zero attached hydrogens (tertiary/aromatic N) is 2. The highest BCUT2D eigenvalue weighted by atomic mass is 16.2. The van der Waals surface area contributed by atoms with Crippen LogP contribution in [0, 0.1) is 5.92 Å². The van der Waals surface area contributed by atoms with E-state index in [4.69, 9.17) is 5.73 Å². The zero-order chi connectivity index (χ0) is 14.4. The van der Waals surface area contributed by atoms with Crippen LogP contribution in [0.1, 0.15) is 38.2 Å². The molecule has 1 aromatic heterocycles. The normalized spacial score (nSPS) is 21.9. The summed E-state index contributed by atoms with van der Waals surface area (Å²) < 4.78 is 0. The summed E-state index contributed by atoms with van der Waals surface area (Å²) >= 11 is 0. The largest absolute Gasteiger partial charge is 0.340 e. The molecule has 0 saturated heterocycles. The molecule has 2 atom stereocenters. The Morgan fingerprint density at radius 2 is 2.35 bits per heavy atom. The molecule has 20 heavy (non-hydrogen) atoms. The first kappa shape index (κ1) is 15.0. The first-order chi connectivity index (χ1) is 9.76. The average molecular weight is 275 g/mol. The van der Waals surface area contributed by atoms with E-state index in [0.717, 1.165) is 31.4 Å². The molecule has 110 valence electrons. The Morgan fingerprint density at radius 3 is 3.00 bits per heavy atom. The second kappa shape index (κ2) is 7.39. The van der Waals surface area contributed by atoms with Crippen LogP contribution < -0.4 is 5.73 Å². The number of hydrogen-bond donors (Lipinski definition) is 1.